The van der Waals surface area contributed by atoms with Gasteiger partial charge in [-0.1, -0.05) is 33.8 Å². The fourth-order valence-corrected chi connectivity index (χ4v) is 4.46. The van der Waals surface area contributed by atoms with Crippen LogP contribution in [0.2, 0.25) is 0 Å². The van der Waals surface area contributed by atoms with E-state index >= 15 is 0 Å². The van der Waals surface area contributed by atoms with E-state index in [2.05, 4.69) is 48.3 Å². The molecule has 0 saturated heterocycles. The van der Waals surface area contributed by atoms with Crippen LogP contribution in [-0.2, 0) is 16.6 Å². The smallest absolute Gasteiger partial charge is 0.241 e. The van der Waals surface area contributed by atoms with Crippen LogP contribution in [0.4, 0.5) is 0 Å². The van der Waals surface area contributed by atoms with Gasteiger partial charge in [0.15, 0.2) is 0 Å². The molecule has 0 saturated carbocycles. The SMILES string of the molecule is CC(C)C(CNS(=O)(=O)c1cc(CO)ccc1Br)C(C)C. The second kappa shape index (κ2) is 7.72. The number of sulfonamides is 1. The summed E-state index contributed by atoms with van der Waals surface area (Å²) in [5, 5.41) is 9.15. The van der Waals surface area contributed by atoms with Crippen molar-refractivity contribution in [2.24, 2.45) is 17.8 Å². The summed E-state index contributed by atoms with van der Waals surface area (Å²) in [6.07, 6.45) is 0. The Hall–Kier alpha value is -0.430. The molecular formula is C15H24BrNO3S. The molecule has 1 rings (SSSR count). The Morgan fingerprint density at radius 3 is 2.24 bits per heavy atom. The summed E-state index contributed by atoms with van der Waals surface area (Å²) < 4.78 is 28.1. The number of aliphatic hydroxyl groups excluding tert-OH is 1. The zero-order valence-electron chi connectivity index (χ0n) is 12.9. The monoisotopic (exact) mass is 377 g/mol. The van der Waals surface area contributed by atoms with E-state index in [1.54, 1.807) is 12.1 Å². The van der Waals surface area contributed by atoms with Crippen LogP contribution in [0.1, 0.15) is 33.3 Å². The molecule has 0 heterocycles. The van der Waals surface area contributed by atoms with Crippen molar-refractivity contribution >= 4 is 26.0 Å². The van der Waals surface area contributed by atoms with Crippen molar-refractivity contribution in [2.45, 2.75) is 39.2 Å². The summed E-state index contributed by atoms with van der Waals surface area (Å²) >= 11 is 3.26. The maximum absolute atomic E-state index is 12.4. The number of aliphatic hydroxyl groups is 1. The maximum atomic E-state index is 12.4. The third-order valence-electron chi connectivity index (χ3n) is 3.69. The second-order valence-electron chi connectivity index (χ2n) is 5.93. The van der Waals surface area contributed by atoms with Gasteiger partial charge in [-0.2, -0.15) is 0 Å². The molecule has 0 fully saturated rings. The molecule has 0 spiro atoms. The lowest BCUT2D eigenvalue weighted by Gasteiger charge is -2.25. The van der Waals surface area contributed by atoms with Crippen molar-refractivity contribution in [3.8, 4) is 0 Å². The molecule has 2 N–H and O–H groups in total. The number of halogens is 1. The van der Waals surface area contributed by atoms with Gasteiger partial charge in [0.2, 0.25) is 10.0 Å². The topological polar surface area (TPSA) is 66.4 Å². The lowest BCUT2D eigenvalue weighted by molar-refractivity contribution is 0.281. The summed E-state index contributed by atoms with van der Waals surface area (Å²) in [5.41, 5.74) is 0.572. The predicted octanol–water partition coefficient (Wildman–Crippen LogP) is 3.15. The van der Waals surface area contributed by atoms with E-state index in [1.807, 2.05) is 0 Å². The van der Waals surface area contributed by atoms with Gasteiger partial charge in [0, 0.05) is 11.0 Å². The number of rotatable bonds is 7. The van der Waals surface area contributed by atoms with E-state index in [-0.39, 0.29) is 17.4 Å². The van der Waals surface area contributed by atoms with Gasteiger partial charge in [-0.05, 0) is 51.4 Å². The van der Waals surface area contributed by atoms with Crippen molar-refractivity contribution in [1.29, 1.82) is 0 Å². The zero-order valence-corrected chi connectivity index (χ0v) is 15.3. The Bertz CT molecular complexity index is 562. The van der Waals surface area contributed by atoms with Gasteiger partial charge in [-0.15, -0.1) is 0 Å². The molecule has 0 amide bonds. The standard InChI is InChI=1S/C15H24BrNO3S/c1-10(2)13(11(3)4)8-17-21(19,20)15-7-12(9-18)5-6-14(15)16/h5-7,10-11,13,17-18H,8-9H2,1-4H3. The molecule has 0 aliphatic carbocycles. The molecule has 1 aromatic rings. The highest BCUT2D eigenvalue weighted by atomic mass is 79.9. The molecule has 4 nitrogen and oxygen atoms in total. The van der Waals surface area contributed by atoms with Crippen LogP contribution in [0.3, 0.4) is 0 Å². The molecule has 6 heteroatoms. The average molecular weight is 378 g/mol. The minimum atomic E-state index is -3.59. The van der Waals surface area contributed by atoms with Crippen molar-refractivity contribution in [2.75, 3.05) is 6.54 Å². The Labute approximate surface area is 136 Å². The first-order valence-corrected chi connectivity index (χ1v) is 9.35. The number of hydrogen-bond acceptors (Lipinski definition) is 3. The maximum Gasteiger partial charge on any atom is 0.241 e. The average Bonchev–Trinajstić information content (AvgIpc) is 2.38. The van der Waals surface area contributed by atoms with E-state index in [0.29, 0.717) is 28.4 Å². The lowest BCUT2D eigenvalue weighted by Crippen LogP contribution is -2.34. The molecule has 0 bridgehead atoms. The van der Waals surface area contributed by atoms with Gasteiger partial charge in [0.25, 0.3) is 0 Å². The van der Waals surface area contributed by atoms with Crippen LogP contribution in [0, 0.1) is 17.8 Å². The molecular weight excluding hydrogens is 354 g/mol. The molecule has 0 unspecified atom stereocenters. The highest BCUT2D eigenvalue weighted by Crippen LogP contribution is 2.25. The van der Waals surface area contributed by atoms with Crippen molar-refractivity contribution in [3.63, 3.8) is 0 Å². The third kappa shape index (κ3) is 5.06. The van der Waals surface area contributed by atoms with Crippen LogP contribution in [0.25, 0.3) is 0 Å². The first-order chi connectivity index (χ1) is 9.69. The van der Waals surface area contributed by atoms with Gasteiger partial charge in [-0.25, -0.2) is 13.1 Å². The molecule has 0 atom stereocenters. The molecule has 120 valence electrons. The van der Waals surface area contributed by atoms with E-state index in [1.165, 1.54) is 6.07 Å². The van der Waals surface area contributed by atoms with Crippen molar-refractivity contribution in [1.82, 2.24) is 4.72 Å². The minimum Gasteiger partial charge on any atom is -0.392 e. The predicted molar refractivity (Wildman–Crippen MR) is 88.4 cm³/mol. The number of benzene rings is 1. The highest BCUT2D eigenvalue weighted by Gasteiger charge is 2.23. The van der Waals surface area contributed by atoms with Gasteiger partial charge in [-0.3, -0.25) is 0 Å². The fraction of sp³-hybridized carbons (Fsp3) is 0.600. The molecule has 0 aliphatic heterocycles. The first kappa shape index (κ1) is 18.6. The second-order valence-corrected chi connectivity index (χ2v) is 8.52. The summed E-state index contributed by atoms with van der Waals surface area (Å²) in [7, 11) is -3.59. The molecule has 0 radical (unpaired) electrons. The van der Waals surface area contributed by atoms with Crippen LogP contribution in [0.15, 0.2) is 27.6 Å². The fourth-order valence-electron chi connectivity index (χ4n) is 2.38. The van der Waals surface area contributed by atoms with E-state index in [9.17, 15) is 8.42 Å². The minimum absolute atomic E-state index is 0.167. The van der Waals surface area contributed by atoms with Gasteiger partial charge in [0.05, 0.1) is 11.5 Å². The lowest BCUT2D eigenvalue weighted by atomic mass is 9.86. The zero-order chi connectivity index (χ0) is 16.2. The third-order valence-corrected chi connectivity index (χ3v) is 6.11. The number of hydrogen-bond donors (Lipinski definition) is 2. The summed E-state index contributed by atoms with van der Waals surface area (Å²) in [6.45, 7) is 8.62. The Kier molecular flexibility index (Phi) is 6.84. The van der Waals surface area contributed by atoms with Gasteiger partial charge >= 0.3 is 0 Å². The van der Waals surface area contributed by atoms with Crippen LogP contribution in [0.5, 0.6) is 0 Å². The largest absolute Gasteiger partial charge is 0.392 e. The molecule has 0 aliphatic rings. The quantitative estimate of drug-likeness (QED) is 0.766. The van der Waals surface area contributed by atoms with Crippen LogP contribution < -0.4 is 4.72 Å². The Morgan fingerprint density at radius 1 is 1.19 bits per heavy atom. The molecule has 21 heavy (non-hydrogen) atoms. The highest BCUT2D eigenvalue weighted by molar-refractivity contribution is 9.10. The van der Waals surface area contributed by atoms with Crippen LogP contribution >= 0.6 is 15.9 Å². The van der Waals surface area contributed by atoms with Gasteiger partial charge < -0.3 is 5.11 Å². The van der Waals surface area contributed by atoms with Crippen LogP contribution in [-0.4, -0.2) is 20.1 Å². The normalized spacial score (nSPS) is 12.6. The van der Waals surface area contributed by atoms with E-state index in [4.69, 9.17) is 5.11 Å². The number of nitrogens with one attached hydrogen (secondary N) is 1. The van der Waals surface area contributed by atoms with E-state index < -0.39 is 10.0 Å². The Morgan fingerprint density at radius 2 is 1.76 bits per heavy atom. The van der Waals surface area contributed by atoms with Crippen molar-refractivity contribution in [3.05, 3.63) is 28.2 Å². The molecule has 1 aromatic carbocycles. The van der Waals surface area contributed by atoms with Gasteiger partial charge in [0.1, 0.15) is 0 Å². The summed E-state index contributed by atoms with van der Waals surface area (Å²) in [6, 6.07) is 4.82. The molecule has 0 aromatic heterocycles. The summed E-state index contributed by atoms with van der Waals surface area (Å²) in [4.78, 5) is 0.167. The van der Waals surface area contributed by atoms with Crippen molar-refractivity contribution < 1.29 is 13.5 Å². The Balaban J connectivity index is 2.96. The summed E-state index contributed by atoms with van der Waals surface area (Å²) in [5.74, 6) is 1.08. The first-order valence-electron chi connectivity index (χ1n) is 7.08. The van der Waals surface area contributed by atoms with E-state index in [0.717, 1.165) is 0 Å².